The molecule has 0 spiro atoms. The summed E-state index contributed by atoms with van der Waals surface area (Å²) < 4.78 is 5.26. The van der Waals surface area contributed by atoms with Crippen molar-refractivity contribution in [2.24, 2.45) is 0 Å². The van der Waals surface area contributed by atoms with Gasteiger partial charge in [-0.2, -0.15) is 0 Å². The number of nitrogens with zero attached hydrogens (tertiary/aromatic N) is 2. The average Bonchev–Trinajstić information content (AvgIpc) is 3.27. The Bertz CT molecular complexity index is 799. The molecule has 0 saturated heterocycles. The van der Waals surface area contributed by atoms with E-state index in [1.54, 1.807) is 17.5 Å². The van der Waals surface area contributed by atoms with E-state index in [1.165, 1.54) is 6.39 Å². The number of urea groups is 1. The zero-order chi connectivity index (χ0) is 16.8. The fourth-order valence-electron chi connectivity index (χ4n) is 2.21. The number of benzene rings is 1. The third-order valence-electron chi connectivity index (χ3n) is 3.41. The molecule has 0 aliphatic rings. The Morgan fingerprint density at radius 3 is 3.04 bits per heavy atom. The second-order valence-electron chi connectivity index (χ2n) is 5.16. The van der Waals surface area contributed by atoms with Gasteiger partial charge in [-0.1, -0.05) is 19.1 Å². The van der Waals surface area contributed by atoms with E-state index >= 15 is 0 Å². The summed E-state index contributed by atoms with van der Waals surface area (Å²) in [4.78, 5) is 20.4. The molecule has 2 aromatic heterocycles. The molecule has 0 saturated carbocycles. The quantitative estimate of drug-likeness (QED) is 0.715. The molecule has 3 aromatic rings. The van der Waals surface area contributed by atoms with Gasteiger partial charge in [-0.15, -0.1) is 11.3 Å². The molecule has 0 fully saturated rings. The van der Waals surface area contributed by atoms with Gasteiger partial charge in [-0.05, 0) is 18.6 Å². The molecule has 1 aromatic carbocycles. The lowest BCUT2D eigenvalue weighted by molar-refractivity contribution is 0.252. The highest BCUT2D eigenvalue weighted by Gasteiger charge is 2.06. The SMILES string of the molecule is CCc1nc(CCNC(=O)Nc2cccc(-c3cnco3)c2)cs1. The summed E-state index contributed by atoms with van der Waals surface area (Å²) in [5.41, 5.74) is 2.58. The average molecular weight is 342 g/mol. The summed E-state index contributed by atoms with van der Waals surface area (Å²) in [5, 5.41) is 8.82. The van der Waals surface area contributed by atoms with E-state index in [-0.39, 0.29) is 6.03 Å². The molecule has 0 aliphatic heterocycles. The maximum absolute atomic E-state index is 12.0. The molecule has 3 rings (SSSR count). The first-order valence-corrected chi connectivity index (χ1v) is 8.59. The fourth-order valence-corrected chi connectivity index (χ4v) is 2.99. The van der Waals surface area contributed by atoms with Gasteiger partial charge in [0.05, 0.1) is 16.9 Å². The number of amides is 2. The lowest BCUT2D eigenvalue weighted by atomic mass is 10.1. The van der Waals surface area contributed by atoms with Crippen molar-refractivity contribution in [2.75, 3.05) is 11.9 Å². The van der Waals surface area contributed by atoms with Crippen molar-refractivity contribution in [1.29, 1.82) is 0 Å². The molecule has 6 nitrogen and oxygen atoms in total. The second-order valence-corrected chi connectivity index (χ2v) is 6.11. The van der Waals surface area contributed by atoms with Crippen LogP contribution in [0.4, 0.5) is 10.5 Å². The van der Waals surface area contributed by atoms with Crippen molar-refractivity contribution >= 4 is 23.1 Å². The Kier molecular flexibility index (Phi) is 5.22. The maximum atomic E-state index is 12.0. The van der Waals surface area contributed by atoms with E-state index in [0.717, 1.165) is 29.1 Å². The monoisotopic (exact) mass is 342 g/mol. The molecule has 0 radical (unpaired) electrons. The smallest absolute Gasteiger partial charge is 0.319 e. The predicted octanol–water partition coefficient (Wildman–Crippen LogP) is 3.72. The summed E-state index contributed by atoms with van der Waals surface area (Å²) in [6.07, 6.45) is 4.68. The third-order valence-corrected chi connectivity index (χ3v) is 4.45. The normalized spacial score (nSPS) is 10.5. The Balaban J connectivity index is 1.50. The van der Waals surface area contributed by atoms with Gasteiger partial charge in [0.15, 0.2) is 12.2 Å². The molecule has 2 heterocycles. The topological polar surface area (TPSA) is 80.0 Å². The van der Waals surface area contributed by atoms with E-state index in [4.69, 9.17) is 4.42 Å². The van der Waals surface area contributed by atoms with Crippen LogP contribution >= 0.6 is 11.3 Å². The van der Waals surface area contributed by atoms with Gasteiger partial charge >= 0.3 is 6.03 Å². The first kappa shape index (κ1) is 16.2. The van der Waals surface area contributed by atoms with Gasteiger partial charge < -0.3 is 15.1 Å². The van der Waals surface area contributed by atoms with Gasteiger partial charge in [0.25, 0.3) is 0 Å². The second kappa shape index (κ2) is 7.74. The number of hydrogen-bond acceptors (Lipinski definition) is 5. The molecule has 0 bridgehead atoms. The first-order chi connectivity index (χ1) is 11.7. The predicted molar refractivity (Wildman–Crippen MR) is 94.2 cm³/mol. The number of nitrogens with one attached hydrogen (secondary N) is 2. The Labute approximate surface area is 144 Å². The van der Waals surface area contributed by atoms with Crippen molar-refractivity contribution in [3.8, 4) is 11.3 Å². The number of carbonyl (C=O) groups excluding carboxylic acids is 1. The third kappa shape index (κ3) is 4.20. The number of aryl methyl sites for hydroxylation is 1. The van der Waals surface area contributed by atoms with Gasteiger partial charge in [-0.3, -0.25) is 0 Å². The van der Waals surface area contributed by atoms with Crippen molar-refractivity contribution in [2.45, 2.75) is 19.8 Å². The van der Waals surface area contributed by atoms with Crippen molar-refractivity contribution in [3.05, 3.63) is 52.9 Å². The number of thiazole rings is 1. The van der Waals surface area contributed by atoms with Crippen LogP contribution < -0.4 is 10.6 Å². The number of rotatable bonds is 6. The lowest BCUT2D eigenvalue weighted by Crippen LogP contribution is -2.30. The highest BCUT2D eigenvalue weighted by atomic mass is 32.1. The number of carbonyl (C=O) groups is 1. The van der Waals surface area contributed by atoms with E-state index < -0.39 is 0 Å². The molecular weight excluding hydrogens is 324 g/mol. The summed E-state index contributed by atoms with van der Waals surface area (Å²) >= 11 is 1.66. The highest BCUT2D eigenvalue weighted by molar-refractivity contribution is 7.09. The van der Waals surface area contributed by atoms with E-state index in [9.17, 15) is 4.79 Å². The Morgan fingerprint density at radius 1 is 1.38 bits per heavy atom. The van der Waals surface area contributed by atoms with Gasteiger partial charge in [0.2, 0.25) is 0 Å². The van der Waals surface area contributed by atoms with Gasteiger partial charge in [-0.25, -0.2) is 14.8 Å². The minimum atomic E-state index is -0.240. The van der Waals surface area contributed by atoms with Crippen molar-refractivity contribution in [3.63, 3.8) is 0 Å². The van der Waals surface area contributed by atoms with Crippen molar-refractivity contribution in [1.82, 2.24) is 15.3 Å². The van der Waals surface area contributed by atoms with E-state index in [2.05, 4.69) is 27.5 Å². The van der Waals surface area contributed by atoms with Crippen LogP contribution in [0.3, 0.4) is 0 Å². The van der Waals surface area contributed by atoms with E-state index in [0.29, 0.717) is 18.0 Å². The molecule has 7 heteroatoms. The Hall–Kier alpha value is -2.67. The van der Waals surface area contributed by atoms with Gasteiger partial charge in [0.1, 0.15) is 0 Å². The standard InChI is InChI=1S/C17H18N4O2S/c1-2-16-20-14(10-24-16)6-7-19-17(22)21-13-5-3-4-12(8-13)15-9-18-11-23-15/h3-5,8-11H,2,6-7H2,1H3,(H2,19,21,22). The van der Waals surface area contributed by atoms with Crippen LogP contribution in [0.1, 0.15) is 17.6 Å². The number of hydrogen-bond donors (Lipinski definition) is 2. The van der Waals surface area contributed by atoms with Crippen LogP contribution in [0.5, 0.6) is 0 Å². The highest BCUT2D eigenvalue weighted by Crippen LogP contribution is 2.21. The minimum absolute atomic E-state index is 0.240. The van der Waals surface area contributed by atoms with Crippen LogP contribution in [0.2, 0.25) is 0 Å². The number of anilines is 1. The van der Waals surface area contributed by atoms with E-state index in [1.807, 2.05) is 29.6 Å². The largest absolute Gasteiger partial charge is 0.444 e. The number of aromatic nitrogens is 2. The Morgan fingerprint density at radius 2 is 2.29 bits per heavy atom. The zero-order valence-electron chi connectivity index (χ0n) is 13.3. The summed E-state index contributed by atoms with van der Waals surface area (Å²) in [7, 11) is 0. The molecule has 124 valence electrons. The van der Waals surface area contributed by atoms with Crippen LogP contribution in [-0.2, 0) is 12.8 Å². The zero-order valence-corrected chi connectivity index (χ0v) is 14.1. The summed E-state index contributed by atoms with van der Waals surface area (Å²) in [5.74, 6) is 0.661. The fraction of sp³-hybridized carbons (Fsp3) is 0.235. The van der Waals surface area contributed by atoms with Crippen LogP contribution in [0.25, 0.3) is 11.3 Å². The minimum Gasteiger partial charge on any atom is -0.444 e. The van der Waals surface area contributed by atoms with Crippen LogP contribution in [0.15, 0.2) is 46.7 Å². The van der Waals surface area contributed by atoms with Crippen molar-refractivity contribution < 1.29 is 9.21 Å². The molecular formula is C17H18N4O2S. The molecule has 0 aliphatic carbocycles. The molecule has 0 atom stereocenters. The maximum Gasteiger partial charge on any atom is 0.319 e. The van der Waals surface area contributed by atoms with Crippen LogP contribution in [0, 0.1) is 0 Å². The van der Waals surface area contributed by atoms with Gasteiger partial charge in [0, 0.05) is 29.6 Å². The summed E-state index contributed by atoms with van der Waals surface area (Å²) in [6, 6.07) is 7.18. The molecule has 2 amide bonds. The first-order valence-electron chi connectivity index (χ1n) is 7.71. The molecule has 0 unspecified atom stereocenters. The van der Waals surface area contributed by atoms with Crippen LogP contribution in [-0.4, -0.2) is 22.5 Å². The molecule has 24 heavy (non-hydrogen) atoms. The summed E-state index contributed by atoms with van der Waals surface area (Å²) in [6.45, 7) is 2.63. The number of oxazole rings is 1. The lowest BCUT2D eigenvalue weighted by Gasteiger charge is -2.08. The molecule has 2 N–H and O–H groups in total.